The van der Waals surface area contributed by atoms with Crippen molar-refractivity contribution in [3.63, 3.8) is 0 Å². The van der Waals surface area contributed by atoms with E-state index in [2.05, 4.69) is 5.32 Å². The number of nitrogens with one attached hydrogen (secondary N) is 1. The fraction of sp³-hybridized carbons (Fsp3) is 0.500. The highest BCUT2D eigenvalue weighted by molar-refractivity contribution is 5.73. The SMILES string of the molecule is Cc1cc(F)ccc1CCNC(C(=O)O)C(C)C. The third-order valence-corrected chi connectivity index (χ3v) is 3.00. The molecule has 1 unspecified atom stereocenters. The average Bonchev–Trinajstić information content (AvgIpc) is 2.25. The van der Waals surface area contributed by atoms with Gasteiger partial charge in [-0.3, -0.25) is 4.79 Å². The van der Waals surface area contributed by atoms with Gasteiger partial charge >= 0.3 is 5.97 Å². The number of hydrogen-bond donors (Lipinski definition) is 2. The van der Waals surface area contributed by atoms with Crippen molar-refractivity contribution in [1.29, 1.82) is 0 Å². The number of carbonyl (C=O) groups is 1. The van der Waals surface area contributed by atoms with E-state index >= 15 is 0 Å². The molecular formula is C14H20FNO2. The Hall–Kier alpha value is -1.42. The molecule has 0 aliphatic rings. The van der Waals surface area contributed by atoms with Crippen molar-refractivity contribution < 1.29 is 14.3 Å². The first-order valence-corrected chi connectivity index (χ1v) is 6.13. The Morgan fingerprint density at radius 1 is 1.44 bits per heavy atom. The van der Waals surface area contributed by atoms with Crippen molar-refractivity contribution in [2.45, 2.75) is 33.2 Å². The molecule has 0 aliphatic carbocycles. The van der Waals surface area contributed by atoms with Crippen LogP contribution in [0.4, 0.5) is 4.39 Å². The summed E-state index contributed by atoms with van der Waals surface area (Å²) in [5.74, 6) is -1.03. The molecule has 0 spiro atoms. The van der Waals surface area contributed by atoms with E-state index in [4.69, 9.17) is 5.11 Å². The van der Waals surface area contributed by atoms with Gasteiger partial charge in [-0.25, -0.2) is 4.39 Å². The highest BCUT2D eigenvalue weighted by Gasteiger charge is 2.20. The summed E-state index contributed by atoms with van der Waals surface area (Å²) in [6, 6.07) is 4.13. The Morgan fingerprint density at radius 2 is 2.11 bits per heavy atom. The molecule has 1 aromatic carbocycles. The summed E-state index contributed by atoms with van der Waals surface area (Å²) >= 11 is 0. The predicted octanol–water partition coefficient (Wildman–Crippen LogP) is 2.38. The van der Waals surface area contributed by atoms with Crippen molar-refractivity contribution in [1.82, 2.24) is 5.32 Å². The first kappa shape index (κ1) is 14.6. The molecule has 0 aliphatic heterocycles. The van der Waals surface area contributed by atoms with Crippen LogP contribution in [0.2, 0.25) is 0 Å². The van der Waals surface area contributed by atoms with Crippen LogP contribution in [0.15, 0.2) is 18.2 Å². The maximum Gasteiger partial charge on any atom is 0.320 e. The second kappa shape index (κ2) is 6.50. The topological polar surface area (TPSA) is 49.3 Å². The van der Waals surface area contributed by atoms with Crippen LogP contribution in [-0.2, 0) is 11.2 Å². The summed E-state index contributed by atoms with van der Waals surface area (Å²) in [6.45, 7) is 6.17. The van der Waals surface area contributed by atoms with Crippen molar-refractivity contribution in [3.8, 4) is 0 Å². The number of benzene rings is 1. The summed E-state index contributed by atoms with van der Waals surface area (Å²) in [7, 11) is 0. The van der Waals surface area contributed by atoms with E-state index in [-0.39, 0.29) is 11.7 Å². The first-order chi connectivity index (χ1) is 8.41. The Morgan fingerprint density at radius 3 is 2.61 bits per heavy atom. The van der Waals surface area contributed by atoms with Gasteiger partial charge in [-0.15, -0.1) is 0 Å². The number of aliphatic carboxylic acids is 1. The van der Waals surface area contributed by atoms with Gasteiger partial charge in [0.05, 0.1) is 0 Å². The molecule has 1 rings (SSSR count). The minimum Gasteiger partial charge on any atom is -0.480 e. The lowest BCUT2D eigenvalue weighted by Crippen LogP contribution is -2.41. The number of carboxylic acids is 1. The number of aryl methyl sites for hydroxylation is 1. The van der Waals surface area contributed by atoms with Gasteiger partial charge in [-0.2, -0.15) is 0 Å². The largest absolute Gasteiger partial charge is 0.480 e. The summed E-state index contributed by atoms with van der Waals surface area (Å²) in [5.41, 5.74) is 1.94. The predicted molar refractivity (Wildman–Crippen MR) is 69.1 cm³/mol. The van der Waals surface area contributed by atoms with E-state index < -0.39 is 12.0 Å². The van der Waals surface area contributed by atoms with Crippen LogP contribution in [0.3, 0.4) is 0 Å². The minimum atomic E-state index is -0.833. The quantitative estimate of drug-likeness (QED) is 0.818. The van der Waals surface area contributed by atoms with Gasteiger partial charge < -0.3 is 10.4 Å². The Bertz CT molecular complexity index is 418. The van der Waals surface area contributed by atoms with Crippen molar-refractivity contribution in [3.05, 3.63) is 35.1 Å². The molecule has 0 radical (unpaired) electrons. The molecule has 0 saturated carbocycles. The Balaban J connectivity index is 2.53. The van der Waals surface area contributed by atoms with Gasteiger partial charge in [0.15, 0.2) is 0 Å². The van der Waals surface area contributed by atoms with E-state index in [0.717, 1.165) is 11.1 Å². The van der Waals surface area contributed by atoms with Gasteiger partial charge in [-0.05, 0) is 49.1 Å². The molecule has 1 aromatic rings. The molecule has 1 atom stereocenters. The summed E-state index contributed by atoms with van der Waals surface area (Å²) < 4.78 is 12.9. The highest BCUT2D eigenvalue weighted by atomic mass is 19.1. The number of rotatable bonds is 6. The third-order valence-electron chi connectivity index (χ3n) is 3.00. The summed E-state index contributed by atoms with van der Waals surface area (Å²) in [6.07, 6.45) is 0.697. The van der Waals surface area contributed by atoms with E-state index in [1.54, 1.807) is 6.07 Å². The zero-order valence-corrected chi connectivity index (χ0v) is 11.0. The molecule has 3 nitrogen and oxygen atoms in total. The van der Waals surface area contributed by atoms with Crippen LogP contribution in [-0.4, -0.2) is 23.7 Å². The summed E-state index contributed by atoms with van der Waals surface area (Å²) in [4.78, 5) is 11.0. The van der Waals surface area contributed by atoms with Crippen LogP contribution in [0, 0.1) is 18.7 Å². The first-order valence-electron chi connectivity index (χ1n) is 6.13. The van der Waals surface area contributed by atoms with Gasteiger partial charge in [0.1, 0.15) is 11.9 Å². The Kier molecular flexibility index (Phi) is 5.28. The average molecular weight is 253 g/mol. The van der Waals surface area contributed by atoms with Crippen LogP contribution in [0.25, 0.3) is 0 Å². The molecular weight excluding hydrogens is 233 g/mol. The molecule has 100 valence electrons. The molecule has 18 heavy (non-hydrogen) atoms. The molecule has 0 saturated heterocycles. The normalized spacial score (nSPS) is 12.7. The lowest BCUT2D eigenvalue weighted by molar-refractivity contribution is -0.140. The Labute approximate surface area is 107 Å². The van der Waals surface area contributed by atoms with E-state index in [9.17, 15) is 9.18 Å². The third kappa shape index (κ3) is 4.11. The van der Waals surface area contributed by atoms with Gasteiger partial charge in [-0.1, -0.05) is 19.9 Å². The lowest BCUT2D eigenvalue weighted by atomic mass is 10.0. The fourth-order valence-corrected chi connectivity index (χ4v) is 1.91. The van der Waals surface area contributed by atoms with Crippen molar-refractivity contribution in [2.24, 2.45) is 5.92 Å². The molecule has 0 bridgehead atoms. The van der Waals surface area contributed by atoms with Crippen LogP contribution in [0.5, 0.6) is 0 Å². The van der Waals surface area contributed by atoms with E-state index in [1.165, 1.54) is 12.1 Å². The zero-order valence-electron chi connectivity index (χ0n) is 11.0. The number of carboxylic acid groups (broad SMARTS) is 1. The van der Waals surface area contributed by atoms with Crippen molar-refractivity contribution in [2.75, 3.05) is 6.54 Å². The molecule has 0 fully saturated rings. The van der Waals surface area contributed by atoms with Gasteiger partial charge in [0.2, 0.25) is 0 Å². The van der Waals surface area contributed by atoms with E-state index in [0.29, 0.717) is 13.0 Å². The second-order valence-corrected chi connectivity index (χ2v) is 4.83. The monoisotopic (exact) mass is 253 g/mol. The molecule has 4 heteroatoms. The van der Waals surface area contributed by atoms with Gasteiger partial charge in [0, 0.05) is 0 Å². The second-order valence-electron chi connectivity index (χ2n) is 4.83. The highest BCUT2D eigenvalue weighted by Crippen LogP contribution is 2.10. The zero-order chi connectivity index (χ0) is 13.7. The van der Waals surface area contributed by atoms with Gasteiger partial charge in [0.25, 0.3) is 0 Å². The standard InChI is InChI=1S/C14H20FNO2/c1-9(2)13(14(17)18)16-7-6-11-4-5-12(15)8-10(11)3/h4-5,8-9,13,16H,6-7H2,1-3H3,(H,17,18). The molecule has 0 heterocycles. The number of halogens is 1. The fourth-order valence-electron chi connectivity index (χ4n) is 1.91. The van der Waals surface area contributed by atoms with Crippen LogP contribution < -0.4 is 5.32 Å². The maximum absolute atomic E-state index is 12.9. The summed E-state index contributed by atoms with van der Waals surface area (Å²) in [5, 5.41) is 12.0. The van der Waals surface area contributed by atoms with E-state index in [1.807, 2.05) is 20.8 Å². The number of hydrogen-bond acceptors (Lipinski definition) is 2. The molecule has 2 N–H and O–H groups in total. The maximum atomic E-state index is 12.9. The van der Waals surface area contributed by atoms with Crippen LogP contribution in [0.1, 0.15) is 25.0 Å². The van der Waals surface area contributed by atoms with Crippen molar-refractivity contribution >= 4 is 5.97 Å². The molecule has 0 amide bonds. The lowest BCUT2D eigenvalue weighted by Gasteiger charge is -2.18. The van der Waals surface area contributed by atoms with Crippen LogP contribution >= 0.6 is 0 Å². The minimum absolute atomic E-state index is 0.0387. The smallest absolute Gasteiger partial charge is 0.320 e. The molecule has 0 aromatic heterocycles.